The van der Waals surface area contributed by atoms with Crippen LogP contribution in [0.4, 0.5) is 0 Å². The van der Waals surface area contributed by atoms with Gasteiger partial charge in [-0.1, -0.05) is 103 Å². The largest absolute Gasteiger partial charge is 0.367 e. The summed E-state index contributed by atoms with van der Waals surface area (Å²) in [7, 11) is 1.84. The first-order valence-electron chi connectivity index (χ1n) is 9.00. The molecule has 5 rings (SSSR count). The van der Waals surface area contributed by atoms with Gasteiger partial charge in [-0.3, -0.25) is 0 Å². The van der Waals surface area contributed by atoms with Crippen molar-refractivity contribution in [1.29, 1.82) is 0 Å². The number of fused-ring (bicyclic) bond motifs is 5. The SMILES string of the molecule is COC12c3ccccc3C=CC1(c1ccccc1)C=Cc1ccccc12. The third kappa shape index (κ3) is 1.79. The number of methoxy groups -OCH3 is 1. The average Bonchev–Trinajstić information content (AvgIpc) is 2.73. The Morgan fingerprint density at radius 1 is 0.615 bits per heavy atom. The molecule has 1 nitrogen and oxygen atoms in total. The maximum absolute atomic E-state index is 6.49. The molecule has 0 N–H and O–H groups in total. The minimum Gasteiger partial charge on any atom is -0.367 e. The first-order chi connectivity index (χ1) is 12.8. The van der Waals surface area contributed by atoms with Crippen molar-refractivity contribution in [2.24, 2.45) is 0 Å². The highest BCUT2D eigenvalue weighted by atomic mass is 16.5. The van der Waals surface area contributed by atoms with E-state index < -0.39 is 5.60 Å². The van der Waals surface area contributed by atoms with Gasteiger partial charge in [0.05, 0.1) is 5.41 Å². The van der Waals surface area contributed by atoms with Crippen LogP contribution in [0.25, 0.3) is 12.2 Å². The highest BCUT2D eigenvalue weighted by Crippen LogP contribution is 2.57. The van der Waals surface area contributed by atoms with Gasteiger partial charge in [0, 0.05) is 7.11 Å². The third-order valence-electron chi connectivity index (χ3n) is 5.87. The first kappa shape index (κ1) is 15.4. The Morgan fingerprint density at radius 2 is 1.12 bits per heavy atom. The maximum atomic E-state index is 6.49. The fraction of sp³-hybridized carbons (Fsp3) is 0.120. The van der Waals surface area contributed by atoms with Gasteiger partial charge in [0.15, 0.2) is 0 Å². The zero-order chi connectivity index (χ0) is 17.6. The van der Waals surface area contributed by atoms with Crippen molar-refractivity contribution in [2.75, 3.05) is 7.11 Å². The molecule has 3 aromatic rings. The molecule has 0 amide bonds. The maximum Gasteiger partial charge on any atom is 0.135 e. The second-order valence-electron chi connectivity index (χ2n) is 6.96. The number of hydrogen-bond donors (Lipinski definition) is 0. The summed E-state index contributed by atoms with van der Waals surface area (Å²) in [5.41, 5.74) is 5.11. The molecule has 3 aromatic carbocycles. The van der Waals surface area contributed by atoms with Crippen molar-refractivity contribution in [3.05, 3.63) is 119 Å². The van der Waals surface area contributed by atoms with Crippen molar-refractivity contribution < 1.29 is 4.74 Å². The van der Waals surface area contributed by atoms with Crippen LogP contribution in [0.15, 0.2) is 91.0 Å². The monoisotopic (exact) mass is 336 g/mol. The highest BCUT2D eigenvalue weighted by Gasteiger charge is 2.56. The average molecular weight is 336 g/mol. The topological polar surface area (TPSA) is 9.23 Å². The predicted octanol–water partition coefficient (Wildman–Crippen LogP) is 5.57. The highest BCUT2D eigenvalue weighted by molar-refractivity contribution is 5.76. The molecule has 0 unspecified atom stereocenters. The number of rotatable bonds is 2. The van der Waals surface area contributed by atoms with Gasteiger partial charge in [-0.2, -0.15) is 0 Å². The van der Waals surface area contributed by atoms with Gasteiger partial charge in [-0.05, 0) is 27.8 Å². The second-order valence-corrected chi connectivity index (χ2v) is 6.96. The van der Waals surface area contributed by atoms with Crippen LogP contribution in [-0.2, 0) is 15.8 Å². The quantitative estimate of drug-likeness (QED) is 0.594. The van der Waals surface area contributed by atoms with Crippen molar-refractivity contribution in [3.8, 4) is 0 Å². The summed E-state index contributed by atoms with van der Waals surface area (Å²) in [6, 6.07) is 27.8. The minimum atomic E-state index is -0.592. The Balaban J connectivity index is 1.94. The fourth-order valence-electron chi connectivity index (χ4n) is 4.75. The van der Waals surface area contributed by atoms with Gasteiger partial charge < -0.3 is 4.74 Å². The molecular formula is C25H20O. The van der Waals surface area contributed by atoms with Gasteiger partial charge in [0.1, 0.15) is 5.60 Å². The standard InChI is InChI=1S/C25H20O/c1-26-25-22-13-7-5-9-19(22)15-17-24(25,21-11-3-2-4-12-21)18-16-20-10-6-8-14-23(20)25/h2-18H,1H3. The van der Waals surface area contributed by atoms with E-state index in [0.29, 0.717) is 0 Å². The lowest BCUT2D eigenvalue weighted by Gasteiger charge is -2.52. The summed E-state index contributed by atoms with van der Waals surface area (Å²) in [5.74, 6) is 0. The van der Waals surface area contributed by atoms with Crippen LogP contribution in [-0.4, -0.2) is 7.11 Å². The van der Waals surface area contributed by atoms with Gasteiger partial charge in [-0.25, -0.2) is 0 Å². The van der Waals surface area contributed by atoms with Crippen LogP contribution < -0.4 is 0 Å². The van der Waals surface area contributed by atoms with Gasteiger partial charge >= 0.3 is 0 Å². The Kier molecular flexibility index (Phi) is 3.28. The number of benzene rings is 3. The van der Waals surface area contributed by atoms with Gasteiger partial charge in [0.2, 0.25) is 0 Å². The van der Waals surface area contributed by atoms with Crippen molar-refractivity contribution in [1.82, 2.24) is 0 Å². The third-order valence-corrected chi connectivity index (χ3v) is 5.87. The van der Waals surface area contributed by atoms with Gasteiger partial charge in [-0.15, -0.1) is 0 Å². The molecular weight excluding hydrogens is 316 g/mol. The van der Waals surface area contributed by atoms with E-state index in [0.717, 1.165) is 0 Å². The molecule has 0 saturated heterocycles. The molecule has 0 saturated carbocycles. The van der Waals surface area contributed by atoms with Crippen LogP contribution in [0, 0.1) is 0 Å². The number of hydrogen-bond acceptors (Lipinski definition) is 1. The Hall–Kier alpha value is -2.90. The fourth-order valence-corrected chi connectivity index (χ4v) is 4.75. The Morgan fingerprint density at radius 3 is 1.65 bits per heavy atom. The van der Waals surface area contributed by atoms with E-state index in [1.54, 1.807) is 0 Å². The van der Waals surface area contributed by atoms with E-state index in [9.17, 15) is 0 Å². The predicted molar refractivity (Wildman–Crippen MR) is 107 cm³/mol. The molecule has 1 heteroatoms. The van der Waals surface area contributed by atoms with Crippen molar-refractivity contribution >= 4 is 12.2 Å². The van der Waals surface area contributed by atoms with E-state index in [2.05, 4.69) is 103 Å². The summed E-state index contributed by atoms with van der Waals surface area (Å²) in [4.78, 5) is 0. The molecule has 2 aliphatic carbocycles. The van der Waals surface area contributed by atoms with E-state index in [1.165, 1.54) is 27.8 Å². The van der Waals surface area contributed by atoms with E-state index in [4.69, 9.17) is 4.74 Å². The lowest BCUT2D eigenvalue weighted by atomic mass is 9.55. The van der Waals surface area contributed by atoms with E-state index in [-0.39, 0.29) is 5.41 Å². The Labute approximate surface area is 154 Å². The van der Waals surface area contributed by atoms with E-state index in [1.807, 2.05) is 7.11 Å². The van der Waals surface area contributed by atoms with Crippen molar-refractivity contribution in [3.63, 3.8) is 0 Å². The molecule has 0 heterocycles. The molecule has 126 valence electrons. The van der Waals surface area contributed by atoms with Crippen LogP contribution in [0.5, 0.6) is 0 Å². The summed E-state index contributed by atoms with van der Waals surface area (Å²) in [6.07, 6.45) is 9.08. The molecule has 0 aliphatic heterocycles. The normalized spacial score (nSPS) is 25.3. The summed E-state index contributed by atoms with van der Waals surface area (Å²) < 4.78 is 6.49. The summed E-state index contributed by atoms with van der Waals surface area (Å²) >= 11 is 0. The first-order valence-corrected chi connectivity index (χ1v) is 9.00. The van der Waals surface area contributed by atoms with Crippen LogP contribution in [0.3, 0.4) is 0 Å². The molecule has 0 spiro atoms. The molecule has 2 aliphatic rings. The summed E-state index contributed by atoms with van der Waals surface area (Å²) in [5, 5.41) is 0. The van der Waals surface area contributed by atoms with Crippen molar-refractivity contribution in [2.45, 2.75) is 11.0 Å². The molecule has 26 heavy (non-hydrogen) atoms. The molecule has 0 fully saturated rings. The Bertz CT molecular complexity index is 969. The molecule has 0 radical (unpaired) electrons. The molecule has 0 bridgehead atoms. The smallest absolute Gasteiger partial charge is 0.135 e. The lowest BCUT2D eigenvalue weighted by molar-refractivity contribution is -0.0177. The van der Waals surface area contributed by atoms with Gasteiger partial charge in [0.25, 0.3) is 0 Å². The zero-order valence-corrected chi connectivity index (χ0v) is 14.7. The lowest BCUT2D eigenvalue weighted by Crippen LogP contribution is -2.52. The second kappa shape index (κ2) is 5.55. The minimum absolute atomic E-state index is 0.383. The number of ether oxygens (including phenoxy) is 1. The van der Waals surface area contributed by atoms with Crippen LogP contribution in [0.2, 0.25) is 0 Å². The summed E-state index contributed by atoms with van der Waals surface area (Å²) in [6.45, 7) is 0. The van der Waals surface area contributed by atoms with E-state index >= 15 is 0 Å². The van der Waals surface area contributed by atoms with Crippen LogP contribution in [0.1, 0.15) is 27.8 Å². The molecule has 0 aromatic heterocycles. The zero-order valence-electron chi connectivity index (χ0n) is 14.7. The molecule has 0 atom stereocenters. The van der Waals surface area contributed by atoms with Crippen LogP contribution >= 0.6 is 0 Å².